The minimum Gasteiger partial charge on any atom is -0.312 e. The molecule has 0 fully saturated rings. The van der Waals surface area contributed by atoms with E-state index in [9.17, 15) is 0 Å². The molecule has 13 heavy (non-hydrogen) atoms. The molecule has 0 aliphatic rings. The lowest BCUT2D eigenvalue weighted by molar-refractivity contribution is 0.552. The molecule has 0 aliphatic carbocycles. The van der Waals surface area contributed by atoms with Crippen LogP contribution in [0.4, 0.5) is 0 Å². The van der Waals surface area contributed by atoms with Crippen molar-refractivity contribution in [3.63, 3.8) is 0 Å². The average molecular weight is 185 g/mol. The normalized spacial score (nSPS) is 14.3. The van der Waals surface area contributed by atoms with Gasteiger partial charge in [-0.15, -0.1) is 0 Å². The Kier molecular flexibility index (Phi) is 7.69. The minimum atomic E-state index is 0.518. The van der Waals surface area contributed by atoms with E-state index in [4.69, 9.17) is 5.84 Å². The third kappa shape index (κ3) is 4.88. The minimum absolute atomic E-state index is 0.518. The Morgan fingerprint density at radius 1 is 1.38 bits per heavy atom. The average Bonchev–Trinajstić information content (AvgIpc) is 2.17. The number of amidine groups is 1. The van der Waals surface area contributed by atoms with Crippen LogP contribution in [0, 0.1) is 5.92 Å². The van der Waals surface area contributed by atoms with Crippen molar-refractivity contribution in [1.29, 1.82) is 0 Å². The van der Waals surface area contributed by atoms with Crippen LogP contribution in [0.15, 0.2) is 4.99 Å². The van der Waals surface area contributed by atoms with Crippen LogP contribution >= 0.6 is 0 Å². The Morgan fingerprint density at radius 3 is 2.46 bits per heavy atom. The van der Waals surface area contributed by atoms with Crippen molar-refractivity contribution in [3.8, 4) is 0 Å². The van der Waals surface area contributed by atoms with Gasteiger partial charge in [0.15, 0.2) is 0 Å². The molecule has 0 heterocycles. The Balaban J connectivity index is 4.08. The van der Waals surface area contributed by atoms with Crippen LogP contribution in [0.2, 0.25) is 0 Å². The molecule has 0 saturated heterocycles. The lowest BCUT2D eigenvalue weighted by Gasteiger charge is -2.16. The van der Waals surface area contributed by atoms with Crippen LogP contribution in [0.3, 0.4) is 0 Å². The van der Waals surface area contributed by atoms with Crippen LogP contribution in [-0.4, -0.2) is 12.4 Å². The lowest BCUT2D eigenvalue weighted by atomic mass is 9.98. The molecule has 1 atom stereocenters. The Labute approximate surface area is 81.8 Å². The zero-order valence-corrected chi connectivity index (χ0v) is 9.14. The maximum atomic E-state index is 5.43. The zero-order valence-electron chi connectivity index (χ0n) is 9.14. The van der Waals surface area contributed by atoms with Crippen LogP contribution < -0.4 is 11.3 Å². The fourth-order valence-electron chi connectivity index (χ4n) is 1.45. The summed E-state index contributed by atoms with van der Waals surface area (Å²) in [6.45, 7) is 7.23. The number of hydrazine groups is 1. The molecule has 0 aromatic heterocycles. The van der Waals surface area contributed by atoms with Gasteiger partial charge in [0.25, 0.3) is 0 Å². The molecule has 78 valence electrons. The highest BCUT2D eigenvalue weighted by Gasteiger charge is 2.11. The maximum absolute atomic E-state index is 5.43. The number of rotatable bonds is 6. The number of nitrogens with zero attached hydrogens (tertiary/aromatic N) is 1. The van der Waals surface area contributed by atoms with Crippen molar-refractivity contribution in [2.24, 2.45) is 16.8 Å². The van der Waals surface area contributed by atoms with Gasteiger partial charge in [-0.25, -0.2) is 5.84 Å². The van der Waals surface area contributed by atoms with Gasteiger partial charge >= 0.3 is 0 Å². The molecule has 0 amide bonds. The second kappa shape index (κ2) is 8.05. The monoisotopic (exact) mass is 185 g/mol. The van der Waals surface area contributed by atoms with Gasteiger partial charge in [-0.1, -0.05) is 26.7 Å². The first-order chi connectivity index (χ1) is 6.29. The van der Waals surface area contributed by atoms with Crippen molar-refractivity contribution in [2.75, 3.05) is 6.54 Å². The van der Waals surface area contributed by atoms with E-state index in [1.54, 1.807) is 0 Å². The lowest BCUT2D eigenvalue weighted by Crippen LogP contribution is -2.36. The molecule has 0 aliphatic heterocycles. The summed E-state index contributed by atoms with van der Waals surface area (Å²) in [6, 6.07) is 0. The smallest absolute Gasteiger partial charge is 0.113 e. The molecule has 0 rings (SSSR count). The first-order valence-corrected chi connectivity index (χ1v) is 5.31. The summed E-state index contributed by atoms with van der Waals surface area (Å²) in [7, 11) is 0. The molecule has 3 nitrogen and oxygen atoms in total. The summed E-state index contributed by atoms with van der Waals surface area (Å²) in [5.74, 6) is 6.92. The van der Waals surface area contributed by atoms with Crippen molar-refractivity contribution >= 4 is 5.84 Å². The summed E-state index contributed by atoms with van der Waals surface area (Å²) in [6.07, 6.45) is 4.79. The van der Waals surface area contributed by atoms with Crippen LogP contribution in [0.5, 0.6) is 0 Å². The Hall–Kier alpha value is -0.570. The van der Waals surface area contributed by atoms with Crippen molar-refractivity contribution in [2.45, 2.75) is 46.5 Å². The summed E-state index contributed by atoms with van der Waals surface area (Å²) < 4.78 is 0. The van der Waals surface area contributed by atoms with E-state index >= 15 is 0 Å². The van der Waals surface area contributed by atoms with E-state index in [1.165, 1.54) is 19.3 Å². The second-order valence-corrected chi connectivity index (χ2v) is 3.25. The van der Waals surface area contributed by atoms with E-state index in [0.717, 1.165) is 18.8 Å². The number of hydrogen-bond donors (Lipinski definition) is 2. The van der Waals surface area contributed by atoms with Gasteiger partial charge in [0, 0.05) is 12.5 Å². The standard InChI is InChI=1S/C10H23N3/c1-4-7-8-9(5-2)10(13-11)12-6-3/h9H,4-8,11H2,1-3H3,(H,12,13). The molecule has 0 spiro atoms. The second-order valence-electron chi connectivity index (χ2n) is 3.25. The largest absolute Gasteiger partial charge is 0.312 e. The highest BCUT2D eigenvalue weighted by atomic mass is 15.3. The predicted molar refractivity (Wildman–Crippen MR) is 58.6 cm³/mol. The molecule has 0 saturated carbocycles. The number of hydrogen-bond acceptors (Lipinski definition) is 2. The summed E-state index contributed by atoms with van der Waals surface area (Å²) >= 11 is 0. The third-order valence-electron chi connectivity index (χ3n) is 2.26. The highest BCUT2D eigenvalue weighted by molar-refractivity contribution is 5.83. The van der Waals surface area contributed by atoms with Gasteiger partial charge in [0.2, 0.25) is 0 Å². The van der Waals surface area contributed by atoms with Gasteiger partial charge < -0.3 is 5.43 Å². The molecular formula is C10H23N3. The molecule has 3 heteroatoms. The quantitative estimate of drug-likeness (QED) is 0.288. The van der Waals surface area contributed by atoms with Gasteiger partial charge in [-0.2, -0.15) is 0 Å². The van der Waals surface area contributed by atoms with E-state index in [-0.39, 0.29) is 0 Å². The van der Waals surface area contributed by atoms with Crippen LogP contribution in [0.25, 0.3) is 0 Å². The van der Waals surface area contributed by atoms with Crippen molar-refractivity contribution < 1.29 is 0 Å². The van der Waals surface area contributed by atoms with Gasteiger partial charge in [0.05, 0.1) is 0 Å². The summed E-state index contributed by atoms with van der Waals surface area (Å²) in [5, 5.41) is 0. The van der Waals surface area contributed by atoms with E-state index in [1.807, 2.05) is 6.92 Å². The first kappa shape index (κ1) is 12.4. The van der Waals surface area contributed by atoms with Crippen LogP contribution in [-0.2, 0) is 0 Å². The number of nitrogens with one attached hydrogen (secondary N) is 1. The van der Waals surface area contributed by atoms with Crippen LogP contribution in [0.1, 0.15) is 46.5 Å². The van der Waals surface area contributed by atoms with E-state index in [2.05, 4.69) is 24.3 Å². The van der Waals surface area contributed by atoms with Crippen molar-refractivity contribution in [3.05, 3.63) is 0 Å². The summed E-state index contributed by atoms with van der Waals surface area (Å²) in [4.78, 5) is 4.35. The first-order valence-electron chi connectivity index (χ1n) is 5.31. The molecule has 0 bridgehead atoms. The fraction of sp³-hybridized carbons (Fsp3) is 0.900. The number of aliphatic imine (C=N–C) groups is 1. The molecule has 0 aromatic carbocycles. The molecule has 0 aromatic rings. The number of nitrogens with two attached hydrogens (primary N) is 1. The van der Waals surface area contributed by atoms with Crippen molar-refractivity contribution in [1.82, 2.24) is 5.43 Å². The molecule has 0 radical (unpaired) electrons. The van der Waals surface area contributed by atoms with E-state index in [0.29, 0.717) is 5.92 Å². The van der Waals surface area contributed by atoms with Gasteiger partial charge in [-0.05, 0) is 19.8 Å². The Morgan fingerprint density at radius 2 is 2.08 bits per heavy atom. The summed E-state index contributed by atoms with van der Waals surface area (Å²) in [5.41, 5.74) is 2.71. The third-order valence-corrected chi connectivity index (χ3v) is 2.26. The Bertz CT molecular complexity index is 143. The predicted octanol–water partition coefficient (Wildman–Crippen LogP) is 2.08. The highest BCUT2D eigenvalue weighted by Crippen LogP contribution is 2.13. The van der Waals surface area contributed by atoms with E-state index < -0.39 is 0 Å². The fourth-order valence-corrected chi connectivity index (χ4v) is 1.45. The maximum Gasteiger partial charge on any atom is 0.113 e. The number of unbranched alkanes of at least 4 members (excludes halogenated alkanes) is 1. The molecule has 3 N–H and O–H groups in total. The topological polar surface area (TPSA) is 50.4 Å². The van der Waals surface area contributed by atoms with Gasteiger partial charge in [-0.3, -0.25) is 4.99 Å². The zero-order chi connectivity index (χ0) is 10.1. The molecule has 1 unspecified atom stereocenters. The molecular weight excluding hydrogens is 162 g/mol. The van der Waals surface area contributed by atoms with Gasteiger partial charge in [0.1, 0.15) is 5.84 Å². The SMILES string of the molecule is CCCCC(CC)C(=NCC)NN.